The number of nitrogens with zero attached hydrogens (tertiary/aromatic N) is 4. The Bertz CT molecular complexity index is 908. The third-order valence-corrected chi connectivity index (χ3v) is 6.45. The highest BCUT2D eigenvalue weighted by molar-refractivity contribution is 5.75. The molecule has 1 aromatic carbocycles. The lowest BCUT2D eigenvalue weighted by molar-refractivity contribution is 0.0432. The molecule has 6 heteroatoms. The van der Waals surface area contributed by atoms with E-state index in [0.29, 0.717) is 12.1 Å². The fourth-order valence-corrected chi connectivity index (χ4v) is 5.08. The second kappa shape index (κ2) is 6.94. The van der Waals surface area contributed by atoms with Crippen molar-refractivity contribution in [3.05, 3.63) is 47.4 Å². The average molecular weight is 379 g/mol. The minimum absolute atomic E-state index is 0.383. The fraction of sp³-hybridized carbons (Fsp3) is 0.500. The zero-order valence-electron chi connectivity index (χ0n) is 17.1. The number of aromatic nitrogens is 2. The van der Waals surface area contributed by atoms with Crippen molar-refractivity contribution in [2.24, 2.45) is 7.05 Å². The summed E-state index contributed by atoms with van der Waals surface area (Å²) >= 11 is 0. The summed E-state index contributed by atoms with van der Waals surface area (Å²) in [6.45, 7) is 3.19. The van der Waals surface area contributed by atoms with Crippen LogP contribution in [0.2, 0.25) is 0 Å². The Morgan fingerprint density at radius 2 is 1.93 bits per heavy atom. The second-order valence-corrected chi connectivity index (χ2v) is 8.43. The number of nitrogens with one attached hydrogen (secondary N) is 2. The van der Waals surface area contributed by atoms with Crippen LogP contribution >= 0.6 is 0 Å². The molecular formula is C22H30N6. The van der Waals surface area contributed by atoms with E-state index in [1.807, 2.05) is 17.9 Å². The van der Waals surface area contributed by atoms with E-state index in [1.165, 1.54) is 59.3 Å². The van der Waals surface area contributed by atoms with E-state index >= 15 is 0 Å². The third-order valence-electron chi connectivity index (χ3n) is 6.45. The largest absolute Gasteiger partial charge is 0.307 e. The number of hydrogen-bond acceptors (Lipinski definition) is 5. The molecule has 2 aromatic rings. The number of aryl methyl sites for hydroxylation is 1. The van der Waals surface area contributed by atoms with Crippen LogP contribution in [0.1, 0.15) is 56.2 Å². The highest BCUT2D eigenvalue weighted by Gasteiger charge is 2.34. The lowest BCUT2D eigenvalue weighted by Crippen LogP contribution is -2.40. The van der Waals surface area contributed by atoms with Gasteiger partial charge in [0.1, 0.15) is 0 Å². The Labute approximate surface area is 167 Å². The van der Waals surface area contributed by atoms with E-state index in [0.717, 1.165) is 13.0 Å². The number of hydrogen-bond donors (Lipinski definition) is 2. The molecule has 1 saturated carbocycles. The first kappa shape index (κ1) is 17.8. The van der Waals surface area contributed by atoms with Gasteiger partial charge in [-0.15, -0.1) is 5.12 Å². The molecule has 3 heterocycles. The maximum absolute atomic E-state index is 4.37. The quantitative estimate of drug-likeness (QED) is 0.857. The van der Waals surface area contributed by atoms with Crippen molar-refractivity contribution in [1.29, 1.82) is 0 Å². The van der Waals surface area contributed by atoms with Gasteiger partial charge < -0.3 is 10.7 Å². The van der Waals surface area contributed by atoms with Crippen molar-refractivity contribution in [2.45, 2.75) is 51.1 Å². The van der Waals surface area contributed by atoms with Gasteiger partial charge in [-0.3, -0.25) is 9.69 Å². The van der Waals surface area contributed by atoms with Crippen LogP contribution in [0.3, 0.4) is 0 Å². The molecule has 1 fully saturated rings. The molecule has 1 aliphatic carbocycles. The minimum atomic E-state index is 0.383. The van der Waals surface area contributed by atoms with Gasteiger partial charge in [0.2, 0.25) is 0 Å². The first-order valence-electron chi connectivity index (χ1n) is 10.5. The summed E-state index contributed by atoms with van der Waals surface area (Å²) in [6, 6.07) is 7.97. The Balaban J connectivity index is 1.59. The lowest BCUT2D eigenvalue weighted by atomic mass is 9.93. The smallest absolute Gasteiger partial charge is 0.0816 e. The van der Waals surface area contributed by atoms with Gasteiger partial charge >= 0.3 is 0 Å². The first-order chi connectivity index (χ1) is 13.6. The van der Waals surface area contributed by atoms with Crippen LogP contribution in [0.5, 0.6) is 0 Å². The van der Waals surface area contributed by atoms with Crippen molar-refractivity contribution < 1.29 is 0 Å². The van der Waals surface area contributed by atoms with Crippen LogP contribution in [0.25, 0.3) is 16.8 Å². The van der Waals surface area contributed by atoms with Crippen LogP contribution in [0, 0.1) is 0 Å². The van der Waals surface area contributed by atoms with Crippen molar-refractivity contribution >= 4 is 5.70 Å². The highest BCUT2D eigenvalue weighted by atomic mass is 15.8. The summed E-state index contributed by atoms with van der Waals surface area (Å²) in [7, 11) is 4.08. The monoisotopic (exact) mass is 378 g/mol. The topological polar surface area (TPSA) is 48.4 Å². The molecule has 0 amide bonds. The lowest BCUT2D eigenvalue weighted by Gasteiger charge is -2.27. The van der Waals surface area contributed by atoms with E-state index in [9.17, 15) is 0 Å². The summed E-state index contributed by atoms with van der Waals surface area (Å²) in [4.78, 5) is 0. The van der Waals surface area contributed by atoms with Crippen molar-refractivity contribution in [1.82, 2.24) is 30.6 Å². The molecule has 0 saturated heterocycles. The molecule has 0 radical (unpaired) electrons. The summed E-state index contributed by atoms with van der Waals surface area (Å²) in [5.74, 6) is 0. The van der Waals surface area contributed by atoms with Crippen LogP contribution in [0.4, 0.5) is 0 Å². The molecule has 28 heavy (non-hydrogen) atoms. The Kier molecular flexibility index (Phi) is 4.40. The predicted molar refractivity (Wildman–Crippen MR) is 112 cm³/mol. The standard InChI is InChI=1S/C22H30N6/c1-15-22-19-9-8-16(17-13-23-26(2)14-17)12-20(19)21(24-18-6-4-5-7-18)10-11-28(22)27(3)25-15/h8-9,12-14,18,21,24-25H,4-7,10-11H2,1-3H3. The number of rotatable bonds is 3. The van der Waals surface area contributed by atoms with Crippen LogP contribution < -0.4 is 10.7 Å². The van der Waals surface area contributed by atoms with E-state index in [1.54, 1.807) is 0 Å². The van der Waals surface area contributed by atoms with Crippen molar-refractivity contribution in [3.8, 4) is 11.1 Å². The van der Waals surface area contributed by atoms with E-state index in [-0.39, 0.29) is 0 Å². The number of allylic oxidation sites excluding steroid dienone is 1. The SMILES string of the molecule is CC1=C2c3ccc(-c4cnn(C)c4)cc3C(NC3CCCC3)CCN2N(C)N1. The van der Waals surface area contributed by atoms with Gasteiger partial charge in [0.15, 0.2) is 0 Å². The Morgan fingerprint density at radius 3 is 2.68 bits per heavy atom. The third kappa shape index (κ3) is 3.01. The van der Waals surface area contributed by atoms with E-state index < -0.39 is 0 Å². The average Bonchev–Trinajstić information content (AvgIpc) is 3.37. The summed E-state index contributed by atoms with van der Waals surface area (Å²) in [6.07, 6.45) is 10.5. The van der Waals surface area contributed by atoms with Crippen LogP contribution in [0.15, 0.2) is 36.3 Å². The molecule has 0 bridgehead atoms. The minimum Gasteiger partial charge on any atom is -0.307 e. The molecule has 5 rings (SSSR count). The molecule has 1 unspecified atom stereocenters. The van der Waals surface area contributed by atoms with Gasteiger partial charge in [-0.05, 0) is 43.4 Å². The molecule has 2 aliphatic heterocycles. The summed E-state index contributed by atoms with van der Waals surface area (Å²) in [5, 5.41) is 12.9. The zero-order chi connectivity index (χ0) is 19.3. The molecule has 148 valence electrons. The van der Waals surface area contributed by atoms with Crippen molar-refractivity contribution in [2.75, 3.05) is 13.6 Å². The van der Waals surface area contributed by atoms with Gasteiger partial charge in [-0.2, -0.15) is 5.10 Å². The van der Waals surface area contributed by atoms with Gasteiger partial charge in [-0.1, -0.05) is 25.0 Å². The van der Waals surface area contributed by atoms with Crippen LogP contribution in [-0.4, -0.2) is 39.5 Å². The molecular weight excluding hydrogens is 348 g/mol. The molecule has 2 N–H and O–H groups in total. The van der Waals surface area contributed by atoms with Crippen LogP contribution in [-0.2, 0) is 7.05 Å². The van der Waals surface area contributed by atoms with Gasteiger partial charge in [0.25, 0.3) is 0 Å². The first-order valence-corrected chi connectivity index (χ1v) is 10.5. The second-order valence-electron chi connectivity index (χ2n) is 8.43. The zero-order valence-corrected chi connectivity index (χ0v) is 17.1. The van der Waals surface area contributed by atoms with Gasteiger partial charge in [0.05, 0.1) is 17.6 Å². The summed E-state index contributed by atoms with van der Waals surface area (Å²) < 4.78 is 1.87. The van der Waals surface area contributed by atoms with Gasteiger partial charge in [-0.25, -0.2) is 0 Å². The number of benzene rings is 1. The fourth-order valence-electron chi connectivity index (χ4n) is 5.08. The normalized spacial score (nSPS) is 23.0. The predicted octanol–water partition coefficient (Wildman–Crippen LogP) is 3.42. The molecule has 0 spiro atoms. The summed E-state index contributed by atoms with van der Waals surface area (Å²) in [5.41, 5.74) is 11.2. The Hall–Kier alpha value is -2.31. The van der Waals surface area contributed by atoms with E-state index in [2.05, 4.69) is 64.3 Å². The van der Waals surface area contributed by atoms with Crippen molar-refractivity contribution in [3.63, 3.8) is 0 Å². The maximum Gasteiger partial charge on any atom is 0.0816 e. The molecule has 1 atom stereocenters. The highest BCUT2D eigenvalue weighted by Crippen LogP contribution is 2.40. The molecule has 6 nitrogen and oxygen atoms in total. The number of fused-ring (bicyclic) bond motifs is 3. The molecule has 3 aliphatic rings. The Morgan fingerprint density at radius 1 is 1.11 bits per heavy atom. The van der Waals surface area contributed by atoms with E-state index in [4.69, 9.17) is 0 Å². The molecule has 1 aromatic heterocycles. The number of hydrazine groups is 2. The maximum atomic E-state index is 4.37. The van der Waals surface area contributed by atoms with Gasteiger partial charge in [0, 0.05) is 50.0 Å².